The average Bonchev–Trinajstić information content (AvgIpc) is 3.21. The van der Waals surface area contributed by atoms with Gasteiger partial charge in [-0.25, -0.2) is 17.1 Å². The molecule has 8 heteroatoms. The van der Waals surface area contributed by atoms with Crippen molar-refractivity contribution in [2.75, 3.05) is 25.5 Å². The second kappa shape index (κ2) is 8.72. The van der Waals surface area contributed by atoms with E-state index in [4.69, 9.17) is 4.74 Å². The Bertz CT molecular complexity index is 1260. The van der Waals surface area contributed by atoms with Crippen LogP contribution in [0.4, 0.5) is 10.1 Å². The molecule has 3 aromatic carbocycles. The molecule has 0 unspecified atom stereocenters. The number of carbonyl (C=O) groups excluding carboxylic acids is 1. The Kier molecular flexibility index (Phi) is 5.99. The molecular formula is C24H23FN2O4S. The number of hydrogen-bond acceptors (Lipinski definition) is 4. The maximum atomic E-state index is 13.3. The number of halogens is 1. The second-order valence-electron chi connectivity index (χ2n) is 7.70. The first-order valence-electron chi connectivity index (χ1n) is 10.1. The first-order chi connectivity index (χ1) is 15.3. The zero-order valence-electron chi connectivity index (χ0n) is 17.8. The highest BCUT2D eigenvalue weighted by molar-refractivity contribution is 7.89. The summed E-state index contributed by atoms with van der Waals surface area (Å²) in [6.45, 7) is 0.652. The van der Waals surface area contributed by atoms with Gasteiger partial charge in [-0.3, -0.25) is 4.79 Å². The molecule has 0 fully saturated rings. The van der Waals surface area contributed by atoms with E-state index < -0.39 is 10.0 Å². The Morgan fingerprint density at radius 3 is 2.50 bits per heavy atom. The highest BCUT2D eigenvalue weighted by Gasteiger charge is 2.29. The summed E-state index contributed by atoms with van der Waals surface area (Å²) in [5.74, 6) is -0.109. The number of carbonyl (C=O) groups is 1. The number of para-hydroxylation sites is 1. The Morgan fingerprint density at radius 1 is 1.06 bits per heavy atom. The SMILES string of the molecule is CN(C)S(=O)(=O)c1ccc2c(c1)CCN2C(=O)c1ccccc1OCc1ccc(F)cc1. The number of ether oxygens (including phenoxy) is 1. The van der Waals surface area contributed by atoms with Crippen LogP contribution < -0.4 is 9.64 Å². The van der Waals surface area contributed by atoms with Crippen LogP contribution in [0.25, 0.3) is 0 Å². The van der Waals surface area contributed by atoms with Crippen molar-refractivity contribution in [3.63, 3.8) is 0 Å². The molecule has 0 saturated carbocycles. The van der Waals surface area contributed by atoms with Crippen molar-refractivity contribution in [2.24, 2.45) is 0 Å². The van der Waals surface area contributed by atoms with Gasteiger partial charge in [0.1, 0.15) is 18.2 Å². The largest absolute Gasteiger partial charge is 0.488 e. The lowest BCUT2D eigenvalue weighted by Crippen LogP contribution is -2.29. The highest BCUT2D eigenvalue weighted by Crippen LogP contribution is 2.33. The van der Waals surface area contributed by atoms with Gasteiger partial charge in [-0.15, -0.1) is 0 Å². The third kappa shape index (κ3) is 4.24. The van der Waals surface area contributed by atoms with Crippen molar-refractivity contribution in [1.29, 1.82) is 0 Å². The van der Waals surface area contributed by atoms with Crippen LogP contribution in [0.5, 0.6) is 5.75 Å². The van der Waals surface area contributed by atoms with Crippen LogP contribution in [-0.2, 0) is 23.1 Å². The molecule has 166 valence electrons. The monoisotopic (exact) mass is 454 g/mol. The minimum atomic E-state index is -3.55. The van der Waals surface area contributed by atoms with Crippen molar-refractivity contribution in [2.45, 2.75) is 17.9 Å². The van der Waals surface area contributed by atoms with Gasteiger partial charge in [-0.2, -0.15) is 0 Å². The molecule has 0 N–H and O–H groups in total. The molecule has 0 atom stereocenters. The summed E-state index contributed by atoms with van der Waals surface area (Å²) in [6, 6.07) is 17.8. The fraction of sp³-hybridized carbons (Fsp3) is 0.208. The van der Waals surface area contributed by atoms with E-state index in [0.717, 1.165) is 11.1 Å². The van der Waals surface area contributed by atoms with Gasteiger partial charge in [0.05, 0.1) is 10.5 Å². The van der Waals surface area contributed by atoms with Gasteiger partial charge in [0.2, 0.25) is 10.0 Å². The van der Waals surface area contributed by atoms with Crippen molar-refractivity contribution >= 4 is 21.6 Å². The van der Waals surface area contributed by atoms with Crippen LogP contribution in [0.3, 0.4) is 0 Å². The minimum absolute atomic E-state index is 0.201. The summed E-state index contributed by atoms with van der Waals surface area (Å²) in [4.78, 5) is 15.2. The Labute approximate surface area is 186 Å². The summed E-state index contributed by atoms with van der Waals surface area (Å²) < 4.78 is 45.0. The standard InChI is InChI=1S/C24H23FN2O4S/c1-26(2)32(29,30)20-11-12-22-18(15-20)13-14-27(22)24(28)21-5-3-4-6-23(21)31-16-17-7-9-19(25)10-8-17/h3-12,15H,13-14,16H2,1-2H3. The quantitative estimate of drug-likeness (QED) is 0.567. The minimum Gasteiger partial charge on any atom is -0.488 e. The van der Waals surface area contributed by atoms with E-state index >= 15 is 0 Å². The van der Waals surface area contributed by atoms with Crippen LogP contribution >= 0.6 is 0 Å². The lowest BCUT2D eigenvalue weighted by Gasteiger charge is -2.20. The number of anilines is 1. The zero-order valence-corrected chi connectivity index (χ0v) is 18.6. The average molecular weight is 455 g/mol. The van der Waals surface area contributed by atoms with E-state index in [1.165, 1.54) is 36.6 Å². The van der Waals surface area contributed by atoms with Gasteiger partial charge in [-0.05, 0) is 60.0 Å². The van der Waals surface area contributed by atoms with Gasteiger partial charge >= 0.3 is 0 Å². The number of nitrogens with zero attached hydrogens (tertiary/aromatic N) is 2. The van der Waals surface area contributed by atoms with Crippen LogP contribution in [0.15, 0.2) is 71.6 Å². The molecule has 0 aromatic heterocycles. The summed E-state index contributed by atoms with van der Waals surface area (Å²) in [6.07, 6.45) is 0.566. The van der Waals surface area contributed by atoms with E-state index in [0.29, 0.717) is 30.0 Å². The molecule has 0 bridgehead atoms. The van der Waals surface area contributed by atoms with Crippen LogP contribution in [0.2, 0.25) is 0 Å². The molecule has 32 heavy (non-hydrogen) atoms. The molecule has 6 nitrogen and oxygen atoms in total. The molecular weight excluding hydrogens is 431 g/mol. The number of benzene rings is 3. The highest BCUT2D eigenvalue weighted by atomic mass is 32.2. The molecule has 1 heterocycles. The molecule has 0 aliphatic carbocycles. The van der Waals surface area contributed by atoms with Crippen molar-refractivity contribution < 1.29 is 22.3 Å². The fourth-order valence-electron chi connectivity index (χ4n) is 3.62. The van der Waals surface area contributed by atoms with E-state index in [1.54, 1.807) is 53.4 Å². The third-order valence-electron chi connectivity index (χ3n) is 5.40. The lowest BCUT2D eigenvalue weighted by molar-refractivity contribution is 0.0985. The van der Waals surface area contributed by atoms with E-state index in [2.05, 4.69) is 0 Å². The number of sulfonamides is 1. The molecule has 1 aliphatic heterocycles. The summed E-state index contributed by atoms with van der Waals surface area (Å²) in [5.41, 5.74) is 2.70. The molecule has 4 rings (SSSR count). The van der Waals surface area contributed by atoms with Gasteiger partial charge in [0, 0.05) is 26.3 Å². The molecule has 1 amide bonds. The normalized spacial score (nSPS) is 13.3. The van der Waals surface area contributed by atoms with Crippen molar-refractivity contribution in [1.82, 2.24) is 4.31 Å². The Balaban J connectivity index is 1.57. The van der Waals surface area contributed by atoms with E-state index in [9.17, 15) is 17.6 Å². The summed E-state index contributed by atoms with van der Waals surface area (Å²) >= 11 is 0. The number of amides is 1. The topological polar surface area (TPSA) is 66.9 Å². The third-order valence-corrected chi connectivity index (χ3v) is 7.21. The van der Waals surface area contributed by atoms with E-state index in [-0.39, 0.29) is 23.2 Å². The van der Waals surface area contributed by atoms with Crippen molar-refractivity contribution in [3.05, 3.63) is 89.2 Å². The number of hydrogen-bond donors (Lipinski definition) is 0. The molecule has 0 radical (unpaired) electrons. The summed E-state index contributed by atoms with van der Waals surface area (Å²) in [7, 11) is -0.570. The molecule has 1 aliphatic rings. The second-order valence-corrected chi connectivity index (χ2v) is 9.85. The molecule has 0 spiro atoms. The fourth-order valence-corrected chi connectivity index (χ4v) is 4.57. The van der Waals surface area contributed by atoms with Crippen molar-refractivity contribution in [3.8, 4) is 5.75 Å². The van der Waals surface area contributed by atoms with Gasteiger partial charge < -0.3 is 9.64 Å². The van der Waals surface area contributed by atoms with Gasteiger partial charge in [0.25, 0.3) is 5.91 Å². The van der Waals surface area contributed by atoms with Crippen LogP contribution in [0.1, 0.15) is 21.5 Å². The van der Waals surface area contributed by atoms with Crippen LogP contribution in [0, 0.1) is 5.82 Å². The Hall–Kier alpha value is -3.23. The maximum Gasteiger partial charge on any atom is 0.262 e. The Morgan fingerprint density at radius 2 is 1.78 bits per heavy atom. The zero-order chi connectivity index (χ0) is 22.9. The predicted molar refractivity (Wildman–Crippen MR) is 120 cm³/mol. The number of rotatable bonds is 6. The van der Waals surface area contributed by atoms with E-state index in [1.807, 2.05) is 0 Å². The number of fused-ring (bicyclic) bond motifs is 1. The molecule has 0 saturated heterocycles. The van der Waals surface area contributed by atoms with Gasteiger partial charge in [-0.1, -0.05) is 24.3 Å². The summed E-state index contributed by atoms with van der Waals surface area (Å²) in [5, 5.41) is 0. The van der Waals surface area contributed by atoms with Crippen LogP contribution in [-0.4, -0.2) is 39.3 Å². The smallest absolute Gasteiger partial charge is 0.262 e. The first-order valence-corrected chi connectivity index (χ1v) is 11.5. The first kappa shape index (κ1) is 22.0. The maximum absolute atomic E-state index is 13.3. The van der Waals surface area contributed by atoms with Gasteiger partial charge in [0.15, 0.2) is 0 Å². The predicted octanol–water partition coefficient (Wildman–Crippen LogP) is 3.86. The molecule has 3 aromatic rings. The lowest BCUT2D eigenvalue weighted by atomic mass is 10.1.